The lowest BCUT2D eigenvalue weighted by molar-refractivity contribution is -0.111. The summed E-state index contributed by atoms with van der Waals surface area (Å²) in [6.45, 7) is 5.38. The van der Waals surface area contributed by atoms with E-state index in [-0.39, 0.29) is 5.91 Å². The predicted octanol–water partition coefficient (Wildman–Crippen LogP) is 4.52. The van der Waals surface area contributed by atoms with Gasteiger partial charge in [0.2, 0.25) is 5.91 Å². The van der Waals surface area contributed by atoms with Gasteiger partial charge in [0.1, 0.15) is 0 Å². The minimum absolute atomic E-state index is 0.254. The molecule has 3 aromatic rings. The molecule has 0 radical (unpaired) electrons. The van der Waals surface area contributed by atoms with Crippen molar-refractivity contribution in [1.29, 1.82) is 0 Å². The standard InChI is InChI=1S/C19H19BrClN5O/c1-3-26-13(2)15(10-22-26)6-9-18(27)23-19-17(20)12-25(24-19)11-14-4-7-16(21)8-5-14/h4-10,12H,3,11H2,1-2H3,(H,23,24,27)/b9-6+. The molecule has 0 atom stereocenters. The summed E-state index contributed by atoms with van der Waals surface area (Å²) in [5.41, 5.74) is 3.00. The molecule has 1 aromatic carbocycles. The van der Waals surface area contributed by atoms with E-state index < -0.39 is 0 Å². The highest BCUT2D eigenvalue weighted by molar-refractivity contribution is 9.10. The minimum Gasteiger partial charge on any atom is -0.305 e. The van der Waals surface area contributed by atoms with Gasteiger partial charge in [0.15, 0.2) is 5.82 Å². The highest BCUT2D eigenvalue weighted by Gasteiger charge is 2.10. The number of anilines is 1. The van der Waals surface area contributed by atoms with Crippen LogP contribution in [0.2, 0.25) is 5.02 Å². The first-order chi connectivity index (χ1) is 13.0. The van der Waals surface area contributed by atoms with E-state index in [1.807, 2.05) is 49.0 Å². The van der Waals surface area contributed by atoms with Crippen molar-refractivity contribution in [2.75, 3.05) is 5.32 Å². The average molecular weight is 449 g/mol. The fourth-order valence-electron chi connectivity index (χ4n) is 2.61. The van der Waals surface area contributed by atoms with Crippen LogP contribution in [0.25, 0.3) is 6.08 Å². The number of halogens is 2. The number of nitrogens with one attached hydrogen (secondary N) is 1. The molecule has 0 unspecified atom stereocenters. The Labute approximate surface area is 171 Å². The van der Waals surface area contributed by atoms with Gasteiger partial charge in [0.25, 0.3) is 0 Å². The topological polar surface area (TPSA) is 64.7 Å². The second kappa shape index (κ2) is 8.54. The molecular weight excluding hydrogens is 430 g/mol. The Morgan fingerprint density at radius 3 is 2.74 bits per heavy atom. The Balaban J connectivity index is 1.65. The van der Waals surface area contributed by atoms with Gasteiger partial charge in [-0.2, -0.15) is 10.2 Å². The second-order valence-electron chi connectivity index (χ2n) is 5.97. The molecule has 0 saturated carbocycles. The van der Waals surface area contributed by atoms with Gasteiger partial charge in [-0.25, -0.2) is 0 Å². The number of carbonyl (C=O) groups excluding carboxylic acids is 1. The number of amides is 1. The third-order valence-electron chi connectivity index (χ3n) is 4.07. The number of hydrogen-bond donors (Lipinski definition) is 1. The van der Waals surface area contributed by atoms with Crippen molar-refractivity contribution in [3.63, 3.8) is 0 Å². The summed E-state index contributed by atoms with van der Waals surface area (Å²) in [6, 6.07) is 7.56. The van der Waals surface area contributed by atoms with Gasteiger partial charge < -0.3 is 5.32 Å². The van der Waals surface area contributed by atoms with Crippen LogP contribution in [0.15, 0.2) is 47.2 Å². The van der Waals surface area contributed by atoms with E-state index in [1.165, 1.54) is 6.08 Å². The van der Waals surface area contributed by atoms with Crippen LogP contribution in [0, 0.1) is 6.92 Å². The van der Waals surface area contributed by atoms with E-state index in [9.17, 15) is 4.79 Å². The number of nitrogens with zero attached hydrogens (tertiary/aromatic N) is 4. The smallest absolute Gasteiger partial charge is 0.249 e. The summed E-state index contributed by atoms with van der Waals surface area (Å²) in [5.74, 6) is 0.218. The predicted molar refractivity (Wildman–Crippen MR) is 111 cm³/mol. The maximum Gasteiger partial charge on any atom is 0.249 e. The lowest BCUT2D eigenvalue weighted by Crippen LogP contribution is -2.09. The van der Waals surface area contributed by atoms with Gasteiger partial charge in [-0.15, -0.1) is 0 Å². The first-order valence-corrected chi connectivity index (χ1v) is 9.62. The number of aryl methyl sites for hydroxylation is 1. The maximum absolute atomic E-state index is 12.2. The normalized spacial score (nSPS) is 11.3. The van der Waals surface area contributed by atoms with Crippen LogP contribution in [-0.2, 0) is 17.9 Å². The van der Waals surface area contributed by atoms with Crippen molar-refractivity contribution in [1.82, 2.24) is 19.6 Å². The molecule has 2 heterocycles. The SMILES string of the molecule is CCn1ncc(/C=C/C(=O)Nc2nn(Cc3ccc(Cl)cc3)cc2Br)c1C. The van der Waals surface area contributed by atoms with Crippen LogP contribution in [0.5, 0.6) is 0 Å². The Kier molecular flexibility index (Phi) is 6.13. The molecule has 6 nitrogen and oxygen atoms in total. The fourth-order valence-corrected chi connectivity index (χ4v) is 3.15. The summed E-state index contributed by atoms with van der Waals surface area (Å²) in [4.78, 5) is 12.2. The quantitative estimate of drug-likeness (QED) is 0.564. The van der Waals surface area contributed by atoms with Gasteiger partial charge in [-0.3, -0.25) is 14.2 Å². The van der Waals surface area contributed by atoms with Crippen molar-refractivity contribution in [3.8, 4) is 0 Å². The summed E-state index contributed by atoms with van der Waals surface area (Å²) in [5, 5.41) is 12.2. The monoisotopic (exact) mass is 447 g/mol. The Morgan fingerprint density at radius 2 is 2.07 bits per heavy atom. The van der Waals surface area contributed by atoms with Gasteiger partial charge in [0, 0.05) is 35.1 Å². The van der Waals surface area contributed by atoms with Crippen LogP contribution < -0.4 is 5.32 Å². The van der Waals surface area contributed by atoms with Crippen LogP contribution in [0.1, 0.15) is 23.7 Å². The van der Waals surface area contributed by atoms with Crippen molar-refractivity contribution < 1.29 is 4.79 Å². The molecule has 0 spiro atoms. The Morgan fingerprint density at radius 1 is 1.33 bits per heavy atom. The van der Waals surface area contributed by atoms with Gasteiger partial charge in [-0.05, 0) is 53.5 Å². The van der Waals surface area contributed by atoms with E-state index in [1.54, 1.807) is 17.0 Å². The van der Waals surface area contributed by atoms with E-state index >= 15 is 0 Å². The zero-order valence-electron chi connectivity index (χ0n) is 15.0. The van der Waals surface area contributed by atoms with Gasteiger partial charge in [-0.1, -0.05) is 23.7 Å². The van der Waals surface area contributed by atoms with Crippen molar-refractivity contribution in [3.05, 3.63) is 69.1 Å². The second-order valence-corrected chi connectivity index (χ2v) is 7.26. The van der Waals surface area contributed by atoms with Crippen LogP contribution in [-0.4, -0.2) is 25.5 Å². The minimum atomic E-state index is -0.254. The number of benzene rings is 1. The molecule has 0 fully saturated rings. The summed E-state index contributed by atoms with van der Waals surface area (Å²) in [7, 11) is 0. The molecule has 0 bridgehead atoms. The molecule has 3 rings (SSSR count). The van der Waals surface area contributed by atoms with Crippen molar-refractivity contribution >= 4 is 45.3 Å². The first kappa shape index (κ1) is 19.4. The van der Waals surface area contributed by atoms with Crippen LogP contribution >= 0.6 is 27.5 Å². The Hall–Kier alpha value is -2.38. The van der Waals surface area contributed by atoms with Gasteiger partial charge in [0.05, 0.1) is 17.2 Å². The largest absolute Gasteiger partial charge is 0.305 e. The van der Waals surface area contributed by atoms with E-state index in [0.717, 1.165) is 23.4 Å². The zero-order valence-corrected chi connectivity index (χ0v) is 17.3. The zero-order chi connectivity index (χ0) is 19.4. The Bertz CT molecular complexity index is 975. The molecule has 0 aliphatic carbocycles. The molecule has 0 saturated heterocycles. The van der Waals surface area contributed by atoms with Crippen LogP contribution in [0.3, 0.4) is 0 Å². The molecule has 1 amide bonds. The first-order valence-electron chi connectivity index (χ1n) is 8.45. The molecule has 8 heteroatoms. The lowest BCUT2D eigenvalue weighted by atomic mass is 10.2. The number of hydrogen-bond acceptors (Lipinski definition) is 3. The molecule has 27 heavy (non-hydrogen) atoms. The van der Waals surface area contributed by atoms with Gasteiger partial charge >= 0.3 is 0 Å². The molecule has 1 N–H and O–H groups in total. The molecular formula is C19H19BrClN5O. The van der Waals surface area contributed by atoms with E-state index in [4.69, 9.17) is 11.6 Å². The van der Waals surface area contributed by atoms with Crippen molar-refractivity contribution in [2.45, 2.75) is 26.9 Å². The third kappa shape index (κ3) is 4.87. The number of rotatable bonds is 6. The van der Waals surface area contributed by atoms with Crippen molar-refractivity contribution in [2.24, 2.45) is 0 Å². The molecule has 140 valence electrons. The summed E-state index contributed by atoms with van der Waals surface area (Å²) < 4.78 is 4.35. The fraction of sp³-hybridized carbons (Fsp3) is 0.211. The average Bonchev–Trinajstić information content (AvgIpc) is 3.17. The van der Waals surface area contributed by atoms with E-state index in [2.05, 4.69) is 31.4 Å². The third-order valence-corrected chi connectivity index (χ3v) is 4.90. The number of carbonyl (C=O) groups is 1. The summed E-state index contributed by atoms with van der Waals surface area (Å²) >= 11 is 9.34. The highest BCUT2D eigenvalue weighted by Crippen LogP contribution is 2.21. The molecule has 0 aliphatic rings. The lowest BCUT2D eigenvalue weighted by Gasteiger charge is -2.02. The molecule has 0 aliphatic heterocycles. The highest BCUT2D eigenvalue weighted by atomic mass is 79.9. The van der Waals surface area contributed by atoms with Crippen LogP contribution in [0.4, 0.5) is 5.82 Å². The molecule has 2 aromatic heterocycles. The maximum atomic E-state index is 12.2. The van der Waals surface area contributed by atoms with E-state index in [0.29, 0.717) is 21.9 Å². The number of aromatic nitrogens is 4. The summed E-state index contributed by atoms with van der Waals surface area (Å²) in [6.07, 6.45) is 6.81.